The van der Waals surface area contributed by atoms with Gasteiger partial charge in [-0.2, -0.15) is 5.10 Å². The Kier molecular flexibility index (Phi) is 5.18. The molecule has 3 rings (SSSR count). The molecule has 2 N–H and O–H groups in total. The van der Waals surface area contributed by atoms with E-state index in [1.807, 2.05) is 6.92 Å². The van der Waals surface area contributed by atoms with E-state index in [0.29, 0.717) is 41.3 Å². The number of hydrogen-bond acceptors (Lipinski definition) is 5. The first-order chi connectivity index (χ1) is 12.4. The molecule has 2 aromatic rings. The Morgan fingerprint density at radius 3 is 2.85 bits per heavy atom. The fraction of sp³-hybridized carbons (Fsp3) is 0.389. The van der Waals surface area contributed by atoms with Gasteiger partial charge >= 0.3 is 0 Å². The van der Waals surface area contributed by atoms with E-state index < -0.39 is 0 Å². The lowest BCUT2D eigenvalue weighted by atomic mass is 10.00. The largest absolute Gasteiger partial charge is 0.493 e. The van der Waals surface area contributed by atoms with Crippen LogP contribution in [0.5, 0.6) is 11.6 Å². The molecule has 8 heteroatoms. The number of aryl methyl sites for hydroxylation is 1. The highest BCUT2D eigenvalue weighted by Crippen LogP contribution is 2.33. The number of aromatic hydroxyl groups is 1. The molecule has 0 bridgehead atoms. The van der Waals surface area contributed by atoms with E-state index in [-0.39, 0.29) is 35.8 Å². The van der Waals surface area contributed by atoms with Crippen LogP contribution in [0.4, 0.5) is 0 Å². The Labute approximate surface area is 155 Å². The summed E-state index contributed by atoms with van der Waals surface area (Å²) in [6.45, 7) is 4.30. The topological polar surface area (TPSA) is 93.5 Å². The van der Waals surface area contributed by atoms with E-state index in [9.17, 15) is 14.7 Å². The van der Waals surface area contributed by atoms with Gasteiger partial charge in [-0.05, 0) is 32.4 Å². The Balaban J connectivity index is 1.85. The fourth-order valence-electron chi connectivity index (χ4n) is 2.98. The van der Waals surface area contributed by atoms with Crippen LogP contribution in [0.3, 0.4) is 0 Å². The van der Waals surface area contributed by atoms with E-state index in [1.54, 1.807) is 19.1 Å². The second-order valence-corrected chi connectivity index (χ2v) is 6.60. The zero-order chi connectivity index (χ0) is 18.8. The molecule has 1 aliphatic heterocycles. The summed E-state index contributed by atoms with van der Waals surface area (Å²) in [4.78, 5) is 24.1. The van der Waals surface area contributed by atoms with Crippen molar-refractivity contribution >= 4 is 23.3 Å². The number of benzene rings is 1. The summed E-state index contributed by atoms with van der Waals surface area (Å²) < 4.78 is 7.15. The number of nitrogens with zero attached hydrogens (tertiary/aromatic N) is 2. The van der Waals surface area contributed by atoms with Crippen LogP contribution in [0.1, 0.15) is 41.3 Å². The number of carbonyl (C=O) groups excluding carboxylic acids is 2. The minimum Gasteiger partial charge on any atom is -0.493 e. The van der Waals surface area contributed by atoms with Crippen molar-refractivity contribution in [3.05, 3.63) is 40.0 Å². The Bertz CT molecular complexity index is 862. The molecule has 0 spiro atoms. The van der Waals surface area contributed by atoms with Crippen molar-refractivity contribution in [3.8, 4) is 11.6 Å². The molecule has 7 nitrogen and oxygen atoms in total. The van der Waals surface area contributed by atoms with Crippen LogP contribution in [-0.2, 0) is 11.3 Å². The quantitative estimate of drug-likeness (QED) is 0.754. The number of ether oxygens (including phenoxy) is 1. The molecule has 1 atom stereocenters. The van der Waals surface area contributed by atoms with Gasteiger partial charge in [-0.25, -0.2) is 4.68 Å². The molecule has 0 radical (unpaired) electrons. The van der Waals surface area contributed by atoms with E-state index in [2.05, 4.69) is 10.4 Å². The van der Waals surface area contributed by atoms with Crippen molar-refractivity contribution in [2.24, 2.45) is 0 Å². The molecule has 2 heterocycles. The van der Waals surface area contributed by atoms with Crippen molar-refractivity contribution in [3.63, 3.8) is 0 Å². The normalized spacial score (nSPS) is 16.6. The van der Waals surface area contributed by atoms with Gasteiger partial charge in [0, 0.05) is 24.1 Å². The maximum Gasteiger partial charge on any atom is 0.220 e. The minimum absolute atomic E-state index is 0.00811. The number of amides is 1. The first kappa shape index (κ1) is 18.3. The SMILES string of the molecule is CCn1ncc(C(=O)c2ccc(Cl)c(OC[C@@H]3CCC(=O)N3)c2C)c1O. The summed E-state index contributed by atoms with van der Waals surface area (Å²) in [5, 5.41) is 17.3. The minimum atomic E-state index is -0.351. The molecular formula is C18H20ClN3O4. The van der Waals surface area contributed by atoms with Gasteiger partial charge in [0.25, 0.3) is 0 Å². The summed E-state index contributed by atoms with van der Waals surface area (Å²) in [6, 6.07) is 3.13. The van der Waals surface area contributed by atoms with Gasteiger partial charge < -0.3 is 15.2 Å². The predicted octanol–water partition coefficient (Wildman–Crippen LogP) is 2.46. The third-order valence-electron chi connectivity index (χ3n) is 4.47. The smallest absolute Gasteiger partial charge is 0.220 e. The molecule has 1 aromatic heterocycles. The molecule has 0 unspecified atom stereocenters. The molecule has 26 heavy (non-hydrogen) atoms. The molecule has 0 aliphatic carbocycles. The van der Waals surface area contributed by atoms with Crippen molar-refractivity contribution in [1.82, 2.24) is 15.1 Å². The average Bonchev–Trinajstić information content (AvgIpc) is 3.19. The highest BCUT2D eigenvalue weighted by atomic mass is 35.5. The zero-order valence-electron chi connectivity index (χ0n) is 14.6. The molecule has 1 amide bonds. The Morgan fingerprint density at radius 1 is 1.46 bits per heavy atom. The number of rotatable bonds is 6. The number of nitrogens with one attached hydrogen (secondary N) is 1. The van der Waals surface area contributed by atoms with Crippen molar-refractivity contribution < 1.29 is 19.4 Å². The molecule has 1 aromatic carbocycles. The predicted molar refractivity (Wildman–Crippen MR) is 95.8 cm³/mol. The lowest BCUT2D eigenvalue weighted by Crippen LogP contribution is -2.31. The van der Waals surface area contributed by atoms with Gasteiger partial charge in [-0.1, -0.05) is 11.6 Å². The van der Waals surface area contributed by atoms with Gasteiger partial charge in [0.2, 0.25) is 11.8 Å². The maximum atomic E-state index is 12.8. The summed E-state index contributed by atoms with van der Waals surface area (Å²) in [5.74, 6) is -0.104. The van der Waals surface area contributed by atoms with E-state index in [1.165, 1.54) is 10.9 Å². The van der Waals surface area contributed by atoms with Crippen LogP contribution >= 0.6 is 11.6 Å². The van der Waals surface area contributed by atoms with Crippen LogP contribution in [-0.4, -0.2) is 39.2 Å². The first-order valence-electron chi connectivity index (χ1n) is 8.43. The van der Waals surface area contributed by atoms with Crippen LogP contribution in [0.2, 0.25) is 5.02 Å². The number of halogens is 1. The summed E-state index contributed by atoms with van der Waals surface area (Å²) >= 11 is 6.23. The number of ketones is 1. The van der Waals surface area contributed by atoms with Crippen LogP contribution in [0.15, 0.2) is 18.3 Å². The van der Waals surface area contributed by atoms with Crippen molar-refractivity contribution in [2.75, 3.05) is 6.61 Å². The Morgan fingerprint density at radius 2 is 2.23 bits per heavy atom. The first-order valence-corrected chi connectivity index (χ1v) is 8.80. The van der Waals surface area contributed by atoms with E-state index in [0.717, 1.165) is 0 Å². The standard InChI is InChI=1S/C18H20ClN3O4/c1-3-22-18(25)13(8-20-22)16(24)12-5-6-14(19)17(10(12)2)26-9-11-4-7-15(23)21-11/h5-6,8,11,25H,3-4,7,9H2,1-2H3,(H,21,23)/t11-/m0/s1. The van der Waals surface area contributed by atoms with Crippen molar-refractivity contribution in [2.45, 2.75) is 39.3 Å². The second kappa shape index (κ2) is 7.37. The van der Waals surface area contributed by atoms with Gasteiger partial charge in [-0.15, -0.1) is 0 Å². The second-order valence-electron chi connectivity index (χ2n) is 6.19. The van der Waals surface area contributed by atoms with Crippen molar-refractivity contribution in [1.29, 1.82) is 0 Å². The van der Waals surface area contributed by atoms with E-state index in [4.69, 9.17) is 16.3 Å². The zero-order valence-corrected chi connectivity index (χ0v) is 15.3. The molecular weight excluding hydrogens is 358 g/mol. The van der Waals surface area contributed by atoms with Gasteiger partial charge in [0.05, 0.1) is 17.3 Å². The maximum absolute atomic E-state index is 12.8. The summed E-state index contributed by atoms with van der Waals surface area (Å²) in [6.07, 6.45) is 2.54. The van der Waals surface area contributed by atoms with Crippen LogP contribution in [0.25, 0.3) is 0 Å². The highest BCUT2D eigenvalue weighted by Gasteiger charge is 2.24. The van der Waals surface area contributed by atoms with Crippen LogP contribution in [0, 0.1) is 6.92 Å². The van der Waals surface area contributed by atoms with Gasteiger partial charge in [0.1, 0.15) is 17.9 Å². The lowest BCUT2D eigenvalue weighted by Gasteiger charge is -2.16. The average molecular weight is 378 g/mol. The number of aromatic nitrogens is 2. The third-order valence-corrected chi connectivity index (χ3v) is 4.77. The third kappa shape index (κ3) is 3.39. The molecule has 0 saturated carbocycles. The molecule has 1 saturated heterocycles. The summed E-state index contributed by atoms with van der Waals surface area (Å²) in [5.41, 5.74) is 1.09. The summed E-state index contributed by atoms with van der Waals surface area (Å²) in [7, 11) is 0. The molecule has 138 valence electrons. The van der Waals surface area contributed by atoms with Crippen LogP contribution < -0.4 is 10.1 Å². The molecule has 1 aliphatic rings. The number of carbonyl (C=O) groups is 2. The highest BCUT2D eigenvalue weighted by molar-refractivity contribution is 6.32. The lowest BCUT2D eigenvalue weighted by molar-refractivity contribution is -0.119. The Hall–Kier alpha value is -2.54. The fourth-order valence-corrected chi connectivity index (χ4v) is 3.24. The molecule has 1 fully saturated rings. The van der Waals surface area contributed by atoms with E-state index >= 15 is 0 Å². The number of hydrogen-bond donors (Lipinski definition) is 2. The monoisotopic (exact) mass is 377 g/mol. The van der Waals surface area contributed by atoms with Gasteiger partial charge in [-0.3, -0.25) is 9.59 Å². The van der Waals surface area contributed by atoms with Gasteiger partial charge in [0.15, 0.2) is 5.78 Å².